The van der Waals surface area contributed by atoms with Gasteiger partial charge >= 0.3 is 0 Å². The number of hydrogen-bond acceptors (Lipinski definition) is 6. The van der Waals surface area contributed by atoms with Gasteiger partial charge in [-0.05, 0) is 42.4 Å². The van der Waals surface area contributed by atoms with E-state index in [9.17, 15) is 9.90 Å². The second-order valence-corrected chi connectivity index (χ2v) is 11.2. The van der Waals surface area contributed by atoms with Crippen LogP contribution in [0.25, 0.3) is 0 Å². The smallest absolute Gasteiger partial charge is 0.261 e. The number of aliphatic hydroxyl groups is 2. The van der Waals surface area contributed by atoms with Crippen LogP contribution in [0.3, 0.4) is 0 Å². The number of nitrogens with one attached hydrogen (secondary N) is 1. The quantitative estimate of drug-likeness (QED) is 0.595. The summed E-state index contributed by atoms with van der Waals surface area (Å²) >= 11 is 0. The molecule has 1 amide bonds. The van der Waals surface area contributed by atoms with Crippen molar-refractivity contribution in [1.82, 2.24) is 9.99 Å². The standard InChI is InChI=1S/C22H29N4O2P.C2H6O/c1-21(2,3)9-10-26-18(22(4,5)6)17(27)16(20(26)28)19-24-14-8-7-13(12-23)11-15(14)29-25-19;1-2-3/h7-8,11,18,27,29H,9-10H2,1-6H3,(H,24,25);3H,2H2,1H3. The van der Waals surface area contributed by atoms with E-state index in [1.165, 1.54) is 0 Å². The van der Waals surface area contributed by atoms with E-state index in [1.54, 1.807) is 30.0 Å². The summed E-state index contributed by atoms with van der Waals surface area (Å²) in [6.07, 6.45) is 0.841. The molecular formula is C24H35N4O3P. The average Bonchev–Trinajstić information content (AvgIpc) is 2.95. The molecule has 0 saturated carbocycles. The fraction of sp³-hybridized carbons (Fsp3) is 0.542. The molecule has 2 unspecified atom stereocenters. The van der Waals surface area contributed by atoms with Gasteiger partial charge in [0.2, 0.25) is 0 Å². The molecule has 2 aliphatic heterocycles. The van der Waals surface area contributed by atoms with Crippen molar-refractivity contribution >= 4 is 31.5 Å². The van der Waals surface area contributed by atoms with Gasteiger partial charge in [-0.3, -0.25) is 4.79 Å². The Morgan fingerprint density at radius 2 is 1.88 bits per heavy atom. The van der Waals surface area contributed by atoms with Gasteiger partial charge in [-0.15, -0.1) is 0 Å². The average molecular weight is 459 g/mol. The molecule has 0 fully saturated rings. The molecule has 174 valence electrons. The van der Waals surface area contributed by atoms with Gasteiger partial charge in [0.15, 0.2) is 0 Å². The van der Waals surface area contributed by atoms with E-state index in [2.05, 4.69) is 36.9 Å². The number of amides is 1. The Morgan fingerprint density at radius 3 is 2.41 bits per heavy atom. The number of carbonyl (C=O) groups excluding carboxylic acids is 1. The topological polar surface area (TPSA) is 109 Å². The van der Waals surface area contributed by atoms with Crippen LogP contribution in [0.4, 0.5) is 5.69 Å². The number of nitrogens with zero attached hydrogens (tertiary/aromatic N) is 3. The number of benzene rings is 1. The zero-order valence-corrected chi connectivity index (χ0v) is 21.1. The Morgan fingerprint density at radius 1 is 1.25 bits per heavy atom. The maximum absolute atomic E-state index is 13.3. The zero-order chi connectivity index (χ0) is 24.3. The lowest BCUT2D eigenvalue weighted by atomic mass is 9.84. The van der Waals surface area contributed by atoms with Gasteiger partial charge in [0.05, 0.1) is 23.4 Å². The van der Waals surface area contributed by atoms with Gasteiger partial charge in [-0.2, -0.15) is 5.26 Å². The van der Waals surface area contributed by atoms with Crippen molar-refractivity contribution in [2.24, 2.45) is 15.8 Å². The van der Waals surface area contributed by atoms with Crippen LogP contribution in [-0.4, -0.2) is 46.0 Å². The number of amidine groups is 1. The highest BCUT2D eigenvalue weighted by Crippen LogP contribution is 2.39. The van der Waals surface area contributed by atoms with Crippen LogP contribution in [0.15, 0.2) is 34.5 Å². The minimum absolute atomic E-state index is 0.0838. The molecule has 2 aliphatic rings. The second kappa shape index (κ2) is 10.0. The molecule has 0 spiro atoms. The first-order chi connectivity index (χ1) is 14.8. The molecule has 0 saturated heterocycles. The van der Waals surface area contributed by atoms with E-state index >= 15 is 0 Å². The fourth-order valence-electron chi connectivity index (χ4n) is 3.64. The van der Waals surface area contributed by atoms with Crippen molar-refractivity contribution < 1.29 is 15.0 Å². The van der Waals surface area contributed by atoms with Gasteiger partial charge in [0.1, 0.15) is 17.2 Å². The number of nitriles is 1. The number of aliphatic hydroxyl groups excluding tert-OH is 2. The van der Waals surface area contributed by atoms with Crippen molar-refractivity contribution in [3.63, 3.8) is 0 Å². The van der Waals surface area contributed by atoms with Crippen molar-refractivity contribution in [3.8, 4) is 6.07 Å². The Labute approximate surface area is 193 Å². The summed E-state index contributed by atoms with van der Waals surface area (Å²) in [4.78, 5) is 19.7. The van der Waals surface area contributed by atoms with Crippen molar-refractivity contribution in [3.05, 3.63) is 35.1 Å². The minimum atomic E-state index is -0.387. The summed E-state index contributed by atoms with van der Waals surface area (Å²) in [5.74, 6) is 0.319. The molecule has 0 aliphatic carbocycles. The first-order valence-electron chi connectivity index (χ1n) is 10.8. The van der Waals surface area contributed by atoms with Crippen LogP contribution in [-0.2, 0) is 4.79 Å². The van der Waals surface area contributed by atoms with Crippen LogP contribution >= 0.6 is 8.73 Å². The third-order valence-corrected chi connectivity index (χ3v) is 6.17. The SMILES string of the molecule is CC(C)(C)CCN1C(=O)C(C2=Nc3ccc(C#N)cc3PN2)=C(O)C1C(C)(C)C.CCO. The second-order valence-electron chi connectivity index (χ2n) is 10.2. The van der Waals surface area contributed by atoms with Crippen LogP contribution in [0.1, 0.15) is 60.5 Å². The van der Waals surface area contributed by atoms with Gasteiger partial charge < -0.3 is 20.2 Å². The normalized spacial score (nSPS) is 19.1. The fourth-order valence-corrected chi connectivity index (χ4v) is 4.57. The summed E-state index contributed by atoms with van der Waals surface area (Å²) in [5, 5.41) is 31.9. The molecule has 3 N–H and O–H groups in total. The van der Waals surface area contributed by atoms with E-state index in [-0.39, 0.29) is 49.4 Å². The predicted molar refractivity (Wildman–Crippen MR) is 131 cm³/mol. The molecule has 2 heterocycles. The number of hydrogen-bond donors (Lipinski definition) is 3. The molecule has 0 aromatic heterocycles. The molecule has 2 atom stereocenters. The number of aliphatic imine (C=N–C) groups is 1. The first kappa shape index (κ1) is 25.8. The lowest BCUT2D eigenvalue weighted by Gasteiger charge is -2.36. The molecule has 3 rings (SSSR count). The number of carbonyl (C=O) groups is 1. The Hall–Kier alpha value is -2.42. The Bertz CT molecular complexity index is 965. The summed E-state index contributed by atoms with van der Waals surface area (Å²) in [6.45, 7) is 15.0. The van der Waals surface area contributed by atoms with Crippen LogP contribution in [0, 0.1) is 22.2 Å². The van der Waals surface area contributed by atoms with Crippen molar-refractivity contribution in [1.29, 1.82) is 5.26 Å². The van der Waals surface area contributed by atoms with E-state index in [0.717, 1.165) is 17.4 Å². The molecule has 8 heteroatoms. The van der Waals surface area contributed by atoms with Gasteiger partial charge in [-0.25, -0.2) is 4.99 Å². The third kappa shape index (κ3) is 5.88. The van der Waals surface area contributed by atoms with Gasteiger partial charge in [0, 0.05) is 27.2 Å². The highest BCUT2D eigenvalue weighted by Gasteiger charge is 2.47. The maximum atomic E-state index is 13.3. The number of fused-ring (bicyclic) bond motifs is 1. The van der Waals surface area contributed by atoms with Crippen molar-refractivity contribution in [2.75, 3.05) is 13.2 Å². The zero-order valence-electron chi connectivity index (χ0n) is 20.1. The van der Waals surface area contributed by atoms with Crippen LogP contribution in [0.2, 0.25) is 0 Å². The van der Waals surface area contributed by atoms with E-state index in [0.29, 0.717) is 17.9 Å². The van der Waals surface area contributed by atoms with Crippen molar-refractivity contribution in [2.45, 2.75) is 60.9 Å². The minimum Gasteiger partial charge on any atom is -0.509 e. The molecule has 32 heavy (non-hydrogen) atoms. The lowest BCUT2D eigenvalue weighted by Crippen LogP contribution is -2.45. The maximum Gasteiger partial charge on any atom is 0.261 e. The first-order valence-corrected chi connectivity index (χ1v) is 11.8. The lowest BCUT2D eigenvalue weighted by molar-refractivity contribution is -0.128. The van der Waals surface area contributed by atoms with Gasteiger partial charge in [-0.1, -0.05) is 41.5 Å². The highest BCUT2D eigenvalue weighted by molar-refractivity contribution is 7.46. The predicted octanol–water partition coefficient (Wildman–Crippen LogP) is 3.91. The van der Waals surface area contributed by atoms with Crippen LogP contribution < -0.4 is 10.4 Å². The summed E-state index contributed by atoms with van der Waals surface area (Å²) in [7, 11) is 0.173. The number of rotatable bonds is 3. The Balaban J connectivity index is 0.00000114. The Kier molecular flexibility index (Phi) is 8.09. The van der Waals surface area contributed by atoms with E-state index < -0.39 is 0 Å². The molecule has 0 bridgehead atoms. The van der Waals surface area contributed by atoms with E-state index in [4.69, 9.17) is 10.4 Å². The summed E-state index contributed by atoms with van der Waals surface area (Å²) in [6, 6.07) is 7.05. The molecular weight excluding hydrogens is 423 g/mol. The monoisotopic (exact) mass is 458 g/mol. The molecule has 0 radical (unpaired) electrons. The third-order valence-electron chi connectivity index (χ3n) is 5.13. The van der Waals surface area contributed by atoms with E-state index in [1.807, 2.05) is 20.8 Å². The molecule has 1 aromatic rings. The van der Waals surface area contributed by atoms with Gasteiger partial charge in [0.25, 0.3) is 5.91 Å². The largest absolute Gasteiger partial charge is 0.509 e. The molecule has 7 nitrogen and oxygen atoms in total. The highest BCUT2D eigenvalue weighted by atomic mass is 31.1. The summed E-state index contributed by atoms with van der Waals surface area (Å²) in [5.41, 5.74) is 1.35. The molecule has 1 aromatic carbocycles. The summed E-state index contributed by atoms with van der Waals surface area (Å²) < 4.78 is 0. The van der Waals surface area contributed by atoms with Crippen LogP contribution in [0.5, 0.6) is 0 Å².